The van der Waals surface area contributed by atoms with E-state index in [-0.39, 0.29) is 12.3 Å². The maximum atomic E-state index is 12.1. The Hall–Kier alpha value is -0.220. The van der Waals surface area contributed by atoms with Crippen LogP contribution in [0.1, 0.15) is 33.6 Å². The number of rotatable bonds is 8. The van der Waals surface area contributed by atoms with Gasteiger partial charge in [0, 0.05) is 32.7 Å². The van der Waals surface area contributed by atoms with Gasteiger partial charge in [-0.25, -0.2) is 17.4 Å². The van der Waals surface area contributed by atoms with Crippen LogP contribution < -0.4 is 4.72 Å². The summed E-state index contributed by atoms with van der Waals surface area (Å²) in [6.07, 6.45) is 1.88. The zero-order valence-corrected chi connectivity index (χ0v) is 14.7. The second kappa shape index (κ2) is 7.87. The van der Waals surface area contributed by atoms with Crippen LogP contribution in [0.3, 0.4) is 0 Å². The first kappa shape index (κ1) is 18.8. The van der Waals surface area contributed by atoms with Crippen molar-refractivity contribution in [2.24, 2.45) is 5.92 Å². The van der Waals surface area contributed by atoms with Crippen molar-refractivity contribution in [3.8, 4) is 0 Å². The minimum atomic E-state index is -3.58. The molecule has 1 N–H and O–H groups in total. The fourth-order valence-electron chi connectivity index (χ4n) is 2.50. The third-order valence-corrected chi connectivity index (χ3v) is 7.31. The molecule has 0 aromatic heterocycles. The molecule has 1 rings (SSSR count). The van der Waals surface area contributed by atoms with E-state index >= 15 is 0 Å². The van der Waals surface area contributed by atoms with Crippen molar-refractivity contribution in [3.63, 3.8) is 0 Å². The molecular weight excluding hydrogens is 314 g/mol. The quantitative estimate of drug-likeness (QED) is 0.684. The van der Waals surface area contributed by atoms with Crippen molar-refractivity contribution in [3.05, 3.63) is 0 Å². The molecule has 0 saturated carbocycles. The van der Waals surface area contributed by atoms with Crippen LogP contribution in [0.2, 0.25) is 0 Å². The lowest BCUT2D eigenvalue weighted by molar-refractivity contribution is 0.278. The first-order valence-corrected chi connectivity index (χ1v) is 10.5. The number of sulfonamides is 1. The fraction of sp³-hybridized carbons (Fsp3) is 1.00. The summed E-state index contributed by atoms with van der Waals surface area (Å²) in [6, 6.07) is 0. The Bertz CT molecular complexity index is 515. The fourth-order valence-corrected chi connectivity index (χ4v) is 5.40. The smallest absolute Gasteiger partial charge is 0.212 e. The van der Waals surface area contributed by atoms with Crippen LogP contribution in [-0.2, 0) is 20.2 Å². The molecular formula is C12H27N3O4S2. The molecule has 0 unspecified atom stereocenters. The summed E-state index contributed by atoms with van der Waals surface area (Å²) in [7, 11) is -6.98. The first-order chi connectivity index (χ1) is 9.73. The van der Waals surface area contributed by atoms with Gasteiger partial charge in [-0.1, -0.05) is 20.8 Å². The Balaban J connectivity index is 2.54. The number of piperidine rings is 1. The molecule has 1 aliphatic rings. The third-order valence-electron chi connectivity index (χ3n) is 3.70. The van der Waals surface area contributed by atoms with Crippen molar-refractivity contribution in [2.75, 3.05) is 38.5 Å². The summed E-state index contributed by atoms with van der Waals surface area (Å²) >= 11 is 0. The largest absolute Gasteiger partial charge is 0.279 e. The van der Waals surface area contributed by atoms with E-state index in [4.69, 9.17) is 0 Å². The van der Waals surface area contributed by atoms with Crippen LogP contribution in [-0.4, -0.2) is 63.9 Å². The van der Waals surface area contributed by atoms with Crippen LogP contribution in [0.15, 0.2) is 0 Å². The van der Waals surface area contributed by atoms with Crippen molar-refractivity contribution >= 4 is 20.2 Å². The Morgan fingerprint density at radius 2 is 1.81 bits per heavy atom. The van der Waals surface area contributed by atoms with E-state index in [2.05, 4.69) is 4.72 Å². The summed E-state index contributed by atoms with van der Waals surface area (Å²) in [5.41, 5.74) is 0. The van der Waals surface area contributed by atoms with Gasteiger partial charge in [-0.3, -0.25) is 0 Å². The second-order valence-electron chi connectivity index (χ2n) is 5.41. The van der Waals surface area contributed by atoms with Crippen LogP contribution >= 0.6 is 0 Å². The highest BCUT2D eigenvalue weighted by Gasteiger charge is 2.27. The minimum Gasteiger partial charge on any atom is -0.212 e. The average molecular weight is 341 g/mol. The molecule has 7 nitrogen and oxygen atoms in total. The van der Waals surface area contributed by atoms with Gasteiger partial charge in [0.1, 0.15) is 0 Å². The van der Waals surface area contributed by atoms with Gasteiger partial charge in [0.05, 0.1) is 5.75 Å². The van der Waals surface area contributed by atoms with Gasteiger partial charge in [0.25, 0.3) is 10.2 Å². The van der Waals surface area contributed by atoms with E-state index in [0.717, 1.165) is 12.8 Å². The minimum absolute atomic E-state index is 0.0912. The molecule has 21 heavy (non-hydrogen) atoms. The van der Waals surface area contributed by atoms with E-state index in [9.17, 15) is 16.8 Å². The predicted octanol–water partition coefficient (Wildman–Crippen LogP) is 0.224. The summed E-state index contributed by atoms with van der Waals surface area (Å²) in [5.74, 6) is 0.131. The highest BCUT2D eigenvalue weighted by molar-refractivity contribution is 7.89. The lowest BCUT2D eigenvalue weighted by Gasteiger charge is -2.30. The zero-order valence-electron chi connectivity index (χ0n) is 13.1. The molecule has 0 aromatic carbocycles. The van der Waals surface area contributed by atoms with Crippen molar-refractivity contribution in [2.45, 2.75) is 33.6 Å². The molecule has 0 spiro atoms. The van der Waals surface area contributed by atoms with Crippen LogP contribution in [0.4, 0.5) is 0 Å². The van der Waals surface area contributed by atoms with E-state index < -0.39 is 20.2 Å². The van der Waals surface area contributed by atoms with Gasteiger partial charge in [0.2, 0.25) is 10.0 Å². The third kappa shape index (κ3) is 5.48. The number of nitrogens with zero attached hydrogens (tertiary/aromatic N) is 2. The van der Waals surface area contributed by atoms with E-state index in [1.54, 1.807) is 13.8 Å². The molecule has 9 heteroatoms. The molecule has 1 fully saturated rings. The molecule has 1 saturated heterocycles. The van der Waals surface area contributed by atoms with Crippen LogP contribution in [0.25, 0.3) is 0 Å². The molecule has 0 bridgehead atoms. The SMILES string of the molecule is CCN(CC)S(=O)(=O)CCNS(=O)(=O)N1CCC[C@@H](C)C1. The van der Waals surface area contributed by atoms with Gasteiger partial charge in [-0.15, -0.1) is 0 Å². The summed E-state index contributed by atoms with van der Waals surface area (Å²) in [4.78, 5) is 0. The van der Waals surface area contributed by atoms with Crippen molar-refractivity contribution in [1.82, 2.24) is 13.3 Å². The van der Waals surface area contributed by atoms with Gasteiger partial charge >= 0.3 is 0 Å². The topological polar surface area (TPSA) is 86.8 Å². The van der Waals surface area contributed by atoms with Gasteiger partial charge in [0.15, 0.2) is 0 Å². The average Bonchev–Trinajstić information content (AvgIpc) is 2.39. The standard InChI is InChI=1S/C12H27N3O4S2/c1-4-14(5-2)20(16,17)10-8-13-21(18,19)15-9-6-7-12(3)11-15/h12-13H,4-11H2,1-3H3/t12-/m1/s1. The lowest BCUT2D eigenvalue weighted by atomic mass is 10.0. The molecule has 1 atom stereocenters. The Kier molecular flexibility index (Phi) is 7.05. The molecule has 1 heterocycles. The molecule has 0 aromatic rings. The second-order valence-corrected chi connectivity index (χ2v) is 9.25. The summed E-state index contributed by atoms with van der Waals surface area (Å²) < 4.78 is 53.4. The first-order valence-electron chi connectivity index (χ1n) is 7.45. The molecule has 0 aliphatic carbocycles. The van der Waals surface area contributed by atoms with E-state index in [1.165, 1.54) is 8.61 Å². The van der Waals surface area contributed by atoms with Crippen LogP contribution in [0, 0.1) is 5.92 Å². The highest BCUT2D eigenvalue weighted by Crippen LogP contribution is 2.17. The van der Waals surface area contributed by atoms with Crippen molar-refractivity contribution in [1.29, 1.82) is 0 Å². The Labute approximate surface area is 128 Å². The Morgan fingerprint density at radius 1 is 1.19 bits per heavy atom. The molecule has 0 radical (unpaired) electrons. The number of hydrogen-bond donors (Lipinski definition) is 1. The van der Waals surface area contributed by atoms with E-state index in [0.29, 0.717) is 32.1 Å². The molecule has 0 amide bonds. The van der Waals surface area contributed by atoms with Gasteiger partial charge in [-0.2, -0.15) is 12.7 Å². The summed E-state index contributed by atoms with van der Waals surface area (Å²) in [6.45, 7) is 7.25. The van der Waals surface area contributed by atoms with E-state index in [1.807, 2.05) is 6.92 Å². The predicted molar refractivity (Wildman–Crippen MR) is 83.6 cm³/mol. The van der Waals surface area contributed by atoms with Crippen molar-refractivity contribution < 1.29 is 16.8 Å². The molecule has 1 aliphatic heterocycles. The number of nitrogens with one attached hydrogen (secondary N) is 1. The lowest BCUT2D eigenvalue weighted by Crippen LogP contribution is -2.47. The maximum Gasteiger partial charge on any atom is 0.279 e. The number of hydrogen-bond acceptors (Lipinski definition) is 4. The van der Waals surface area contributed by atoms with Gasteiger partial charge < -0.3 is 0 Å². The zero-order chi connectivity index (χ0) is 16.1. The monoisotopic (exact) mass is 341 g/mol. The highest BCUT2D eigenvalue weighted by atomic mass is 32.2. The van der Waals surface area contributed by atoms with Crippen LogP contribution in [0.5, 0.6) is 0 Å². The molecule has 126 valence electrons. The summed E-state index contributed by atoms with van der Waals surface area (Å²) in [5, 5.41) is 0. The normalized spacial score (nSPS) is 21.8. The van der Waals surface area contributed by atoms with Gasteiger partial charge in [-0.05, 0) is 18.8 Å². The Morgan fingerprint density at radius 3 is 2.33 bits per heavy atom. The maximum absolute atomic E-state index is 12.1.